The normalized spacial score (nSPS) is 13.1. The molecule has 0 bridgehead atoms. The Balaban J connectivity index is 2.31. The molecule has 0 saturated carbocycles. The third-order valence-electron chi connectivity index (χ3n) is 5.83. The van der Waals surface area contributed by atoms with Crippen molar-refractivity contribution in [2.24, 2.45) is 0 Å². The molecule has 222 valence electrons. The number of hydrogen-bond donors (Lipinski definition) is 1. The first-order chi connectivity index (χ1) is 18.3. The summed E-state index contributed by atoms with van der Waals surface area (Å²) in [5.74, 6) is -0.787. The summed E-state index contributed by atoms with van der Waals surface area (Å²) in [7, 11) is -3.96. The van der Waals surface area contributed by atoms with E-state index in [4.69, 9.17) is 23.2 Å². The van der Waals surface area contributed by atoms with Gasteiger partial charge in [0.2, 0.25) is 21.8 Å². The third-order valence-corrected chi connectivity index (χ3v) is 7.77. The second-order valence-corrected chi connectivity index (χ2v) is 13.1. The van der Waals surface area contributed by atoms with Crippen LogP contribution in [0.3, 0.4) is 0 Å². The molecule has 2 aromatic rings. The molecular formula is C27H34Cl2F3N3O4S. The smallest absolute Gasteiger partial charge is 0.350 e. The fourth-order valence-electron chi connectivity index (χ4n) is 4.05. The lowest BCUT2D eigenvalue weighted by Crippen LogP contribution is -2.53. The van der Waals surface area contributed by atoms with E-state index >= 15 is 0 Å². The van der Waals surface area contributed by atoms with Crippen LogP contribution in [0.1, 0.15) is 58.1 Å². The lowest BCUT2D eigenvalue weighted by molar-refractivity contribution is -0.142. The van der Waals surface area contributed by atoms with E-state index < -0.39 is 39.3 Å². The molecule has 0 aliphatic heterocycles. The molecular weight excluding hydrogens is 590 g/mol. The van der Waals surface area contributed by atoms with Crippen molar-refractivity contribution in [3.63, 3.8) is 0 Å². The summed E-state index contributed by atoms with van der Waals surface area (Å²) >= 11 is 12.2. The number of amides is 2. The molecule has 0 spiro atoms. The maximum Gasteiger partial charge on any atom is 0.416 e. The molecule has 0 aliphatic rings. The van der Waals surface area contributed by atoms with Crippen LogP contribution >= 0.6 is 23.2 Å². The van der Waals surface area contributed by atoms with Crippen LogP contribution in [0.25, 0.3) is 0 Å². The molecule has 1 atom stereocenters. The van der Waals surface area contributed by atoms with Gasteiger partial charge in [-0.3, -0.25) is 13.9 Å². The van der Waals surface area contributed by atoms with E-state index in [1.807, 2.05) is 20.8 Å². The summed E-state index contributed by atoms with van der Waals surface area (Å²) in [5, 5.41) is 3.50. The third kappa shape index (κ3) is 9.85. The Kier molecular flexibility index (Phi) is 11.3. The van der Waals surface area contributed by atoms with Crippen molar-refractivity contribution in [3.05, 3.63) is 63.6 Å². The van der Waals surface area contributed by atoms with Crippen molar-refractivity contribution >= 4 is 50.7 Å². The van der Waals surface area contributed by atoms with E-state index in [-0.39, 0.29) is 42.5 Å². The number of anilines is 1. The van der Waals surface area contributed by atoms with Crippen LogP contribution in [-0.4, -0.2) is 49.5 Å². The maximum absolute atomic E-state index is 13.5. The number of benzene rings is 2. The molecule has 0 fully saturated rings. The van der Waals surface area contributed by atoms with Gasteiger partial charge in [0, 0.05) is 25.0 Å². The summed E-state index contributed by atoms with van der Waals surface area (Å²) in [4.78, 5) is 28.0. The first-order valence-electron chi connectivity index (χ1n) is 12.5. The Morgan fingerprint density at radius 1 is 1.02 bits per heavy atom. The zero-order valence-corrected chi connectivity index (χ0v) is 25.3. The van der Waals surface area contributed by atoms with E-state index in [1.54, 1.807) is 25.1 Å². The Labute approximate surface area is 243 Å². The van der Waals surface area contributed by atoms with Gasteiger partial charge in [-0.15, -0.1) is 0 Å². The number of sulfonamides is 1. The lowest BCUT2D eigenvalue weighted by atomic mass is 10.0. The Hall–Kier alpha value is -2.50. The molecule has 2 aromatic carbocycles. The van der Waals surface area contributed by atoms with E-state index in [0.717, 1.165) is 28.8 Å². The highest BCUT2D eigenvalue weighted by Crippen LogP contribution is 2.32. The van der Waals surface area contributed by atoms with E-state index in [1.165, 1.54) is 11.0 Å². The van der Waals surface area contributed by atoms with Gasteiger partial charge in [-0.25, -0.2) is 8.42 Å². The fourth-order valence-corrected chi connectivity index (χ4v) is 5.33. The van der Waals surface area contributed by atoms with E-state index in [0.29, 0.717) is 17.0 Å². The predicted molar refractivity (Wildman–Crippen MR) is 152 cm³/mol. The van der Waals surface area contributed by atoms with Gasteiger partial charge >= 0.3 is 6.18 Å². The minimum absolute atomic E-state index is 0.00263. The van der Waals surface area contributed by atoms with E-state index in [9.17, 15) is 31.2 Å². The number of carbonyl (C=O) groups is 2. The quantitative estimate of drug-likeness (QED) is 0.319. The Bertz CT molecular complexity index is 1310. The summed E-state index contributed by atoms with van der Waals surface area (Å²) in [6.45, 7) is 7.01. The second-order valence-electron chi connectivity index (χ2n) is 10.4. The molecule has 0 unspecified atom stereocenters. The van der Waals surface area contributed by atoms with Crippen LogP contribution < -0.4 is 9.62 Å². The number of halogens is 5. The van der Waals surface area contributed by atoms with E-state index in [2.05, 4.69) is 5.32 Å². The number of alkyl halides is 3. The minimum atomic E-state index is -4.65. The highest BCUT2D eigenvalue weighted by atomic mass is 35.5. The molecule has 0 saturated heterocycles. The SMILES string of the molecule is CC[C@@H](C(=O)NC(C)(C)C)N(Cc1ccc(Cl)c(Cl)c1)C(=O)CCCN(c1cccc(C(F)(F)F)c1)S(C)(=O)=O. The van der Waals surface area contributed by atoms with Crippen LogP contribution in [0, 0.1) is 0 Å². The zero-order chi connectivity index (χ0) is 30.5. The Morgan fingerprint density at radius 2 is 1.68 bits per heavy atom. The van der Waals surface area contributed by atoms with Crippen molar-refractivity contribution in [1.82, 2.24) is 10.2 Å². The van der Waals surface area contributed by atoms with Gasteiger partial charge in [0.05, 0.1) is 27.6 Å². The Morgan fingerprint density at radius 3 is 2.20 bits per heavy atom. The standard InChI is InChI=1S/C27H34Cl2F3N3O4S/c1-6-23(25(37)33-26(2,3)4)34(17-18-12-13-21(28)22(29)15-18)24(36)11-8-14-35(40(5,38)39)20-10-7-9-19(16-20)27(30,31)32/h7,9-10,12-13,15-16,23H,6,8,11,14,17H2,1-5H3,(H,33,37)/t23-/m0/s1. The van der Waals surface area contributed by atoms with Gasteiger partial charge in [0.15, 0.2) is 0 Å². The monoisotopic (exact) mass is 623 g/mol. The molecule has 7 nitrogen and oxygen atoms in total. The molecule has 0 aliphatic carbocycles. The molecule has 0 heterocycles. The van der Waals surface area contributed by atoms with Crippen LogP contribution in [0.2, 0.25) is 10.0 Å². The molecule has 2 rings (SSSR count). The summed E-state index contributed by atoms with van der Waals surface area (Å²) in [5.41, 5.74) is -1.07. The van der Waals surface area contributed by atoms with Crippen molar-refractivity contribution in [3.8, 4) is 0 Å². The summed E-state index contributed by atoms with van der Waals surface area (Å²) in [6.07, 6.45) is -3.63. The van der Waals surface area contributed by atoms with Crippen LogP contribution in [0.5, 0.6) is 0 Å². The predicted octanol–water partition coefficient (Wildman–Crippen LogP) is 6.28. The van der Waals surface area contributed by atoms with Gasteiger partial charge < -0.3 is 10.2 Å². The topological polar surface area (TPSA) is 86.8 Å². The molecule has 13 heteroatoms. The summed E-state index contributed by atoms with van der Waals surface area (Å²) < 4.78 is 65.4. The minimum Gasteiger partial charge on any atom is -0.350 e. The molecule has 0 radical (unpaired) electrons. The largest absolute Gasteiger partial charge is 0.416 e. The number of nitrogens with zero attached hydrogens (tertiary/aromatic N) is 2. The van der Waals surface area contributed by atoms with Gasteiger partial charge in [0.25, 0.3) is 0 Å². The number of rotatable bonds is 11. The van der Waals surface area contributed by atoms with Gasteiger partial charge in [0.1, 0.15) is 6.04 Å². The number of nitrogens with one attached hydrogen (secondary N) is 1. The average molecular weight is 625 g/mol. The average Bonchev–Trinajstić information content (AvgIpc) is 2.81. The molecule has 40 heavy (non-hydrogen) atoms. The number of hydrogen-bond acceptors (Lipinski definition) is 4. The zero-order valence-electron chi connectivity index (χ0n) is 23.0. The van der Waals surface area contributed by atoms with Crippen molar-refractivity contribution in [2.75, 3.05) is 17.1 Å². The van der Waals surface area contributed by atoms with Gasteiger partial charge in [-0.05, 0) is 69.5 Å². The van der Waals surface area contributed by atoms with Gasteiger partial charge in [-0.1, -0.05) is 42.3 Å². The van der Waals surface area contributed by atoms with Crippen LogP contribution in [0.4, 0.5) is 18.9 Å². The first kappa shape index (κ1) is 33.7. The molecule has 0 aromatic heterocycles. The fraction of sp³-hybridized carbons (Fsp3) is 0.481. The lowest BCUT2D eigenvalue weighted by Gasteiger charge is -2.33. The number of carbonyl (C=O) groups excluding carboxylic acids is 2. The highest BCUT2D eigenvalue weighted by Gasteiger charge is 2.33. The molecule has 2 amide bonds. The van der Waals surface area contributed by atoms with Gasteiger partial charge in [-0.2, -0.15) is 13.2 Å². The summed E-state index contributed by atoms with van der Waals surface area (Å²) in [6, 6.07) is 8.01. The highest BCUT2D eigenvalue weighted by molar-refractivity contribution is 7.92. The van der Waals surface area contributed by atoms with Crippen LogP contribution in [0.15, 0.2) is 42.5 Å². The molecule has 1 N–H and O–H groups in total. The van der Waals surface area contributed by atoms with Crippen molar-refractivity contribution in [1.29, 1.82) is 0 Å². The first-order valence-corrected chi connectivity index (χ1v) is 15.1. The maximum atomic E-state index is 13.5. The second kappa shape index (κ2) is 13.4. The van der Waals surface area contributed by atoms with Crippen molar-refractivity contribution in [2.45, 2.75) is 71.3 Å². The van der Waals surface area contributed by atoms with Crippen LogP contribution in [-0.2, 0) is 32.3 Å². The van der Waals surface area contributed by atoms with Crippen molar-refractivity contribution < 1.29 is 31.2 Å².